The number of aromatic nitrogens is 4. The van der Waals surface area contributed by atoms with E-state index in [9.17, 15) is 9.18 Å². The fraction of sp³-hybridized carbons (Fsp3) is 0.182. The first-order valence-electron chi connectivity index (χ1n) is 9.61. The monoisotopic (exact) mass is 439 g/mol. The molecule has 2 aromatic heterocycles. The quantitative estimate of drug-likeness (QED) is 0.468. The first-order chi connectivity index (χ1) is 15.0. The highest BCUT2D eigenvalue weighted by Gasteiger charge is 2.23. The van der Waals surface area contributed by atoms with E-state index in [1.165, 1.54) is 6.07 Å². The molecule has 1 atom stereocenters. The minimum absolute atomic E-state index is 0.0949. The van der Waals surface area contributed by atoms with Gasteiger partial charge in [-0.05, 0) is 30.3 Å². The van der Waals surface area contributed by atoms with Crippen molar-refractivity contribution in [2.24, 2.45) is 7.05 Å². The third kappa shape index (κ3) is 4.80. The second-order valence-electron chi connectivity index (χ2n) is 6.94. The lowest BCUT2D eigenvalue weighted by molar-refractivity contribution is -0.121. The summed E-state index contributed by atoms with van der Waals surface area (Å²) in [6.07, 6.45) is 3.69. The molecule has 0 spiro atoms. The van der Waals surface area contributed by atoms with Crippen LogP contribution in [0.1, 0.15) is 29.7 Å². The predicted octanol–water partition coefficient (Wildman–Crippen LogP) is 4.10. The summed E-state index contributed by atoms with van der Waals surface area (Å²) < 4.78 is 21.4. The third-order valence-corrected chi connectivity index (χ3v) is 5.03. The van der Waals surface area contributed by atoms with Crippen LogP contribution in [0.4, 0.5) is 4.39 Å². The number of benzene rings is 2. The van der Waals surface area contributed by atoms with Gasteiger partial charge in [-0.15, -0.1) is 0 Å². The Kier molecular flexibility index (Phi) is 6.08. The van der Waals surface area contributed by atoms with Crippen LogP contribution in [0.3, 0.4) is 0 Å². The zero-order valence-corrected chi connectivity index (χ0v) is 17.4. The third-order valence-electron chi connectivity index (χ3n) is 4.77. The first kappa shape index (κ1) is 20.7. The summed E-state index contributed by atoms with van der Waals surface area (Å²) in [6, 6.07) is 12.6. The summed E-state index contributed by atoms with van der Waals surface area (Å²) in [5.74, 6) is 0.577. The molecule has 158 valence electrons. The summed E-state index contributed by atoms with van der Waals surface area (Å²) in [5.41, 5.74) is 1.10. The minimum atomic E-state index is -0.721. The number of hydrogen-bond donors (Lipinski definition) is 1. The number of carbonyl (C=O) groups excluding carboxylic acids is 1. The Bertz CT molecular complexity index is 1190. The number of nitrogens with zero attached hydrogens (tertiary/aromatic N) is 4. The number of amides is 1. The van der Waals surface area contributed by atoms with E-state index in [1.54, 1.807) is 66.5 Å². The fourth-order valence-electron chi connectivity index (χ4n) is 3.17. The molecule has 9 heteroatoms. The summed E-state index contributed by atoms with van der Waals surface area (Å²) >= 11 is 5.89. The highest BCUT2D eigenvalue weighted by molar-refractivity contribution is 6.30. The molecule has 4 aromatic rings. The number of hydrogen-bond acceptors (Lipinski definition) is 5. The van der Waals surface area contributed by atoms with Crippen molar-refractivity contribution in [3.8, 4) is 11.4 Å². The minimum Gasteiger partial charge on any atom is -0.342 e. The van der Waals surface area contributed by atoms with Gasteiger partial charge >= 0.3 is 0 Å². The average molecular weight is 440 g/mol. The molecule has 0 aliphatic heterocycles. The van der Waals surface area contributed by atoms with E-state index in [4.69, 9.17) is 16.1 Å². The maximum atomic E-state index is 14.4. The molecular formula is C22H19ClFN5O2. The lowest BCUT2D eigenvalue weighted by atomic mass is 10.0. The highest BCUT2D eigenvalue weighted by atomic mass is 35.5. The Hall–Kier alpha value is -3.52. The number of aryl methyl sites for hydroxylation is 2. The summed E-state index contributed by atoms with van der Waals surface area (Å²) in [6.45, 7) is 0. The van der Waals surface area contributed by atoms with Gasteiger partial charge in [0, 0.05) is 48.4 Å². The Balaban J connectivity index is 1.45. The van der Waals surface area contributed by atoms with Crippen LogP contribution >= 0.6 is 11.6 Å². The van der Waals surface area contributed by atoms with Gasteiger partial charge in [-0.3, -0.25) is 4.79 Å². The summed E-state index contributed by atoms with van der Waals surface area (Å²) in [7, 11) is 1.79. The molecule has 1 N–H and O–H groups in total. The number of imidazole rings is 1. The number of halogens is 2. The van der Waals surface area contributed by atoms with Crippen molar-refractivity contribution in [3.63, 3.8) is 0 Å². The molecule has 2 aromatic carbocycles. The van der Waals surface area contributed by atoms with Crippen LogP contribution in [-0.4, -0.2) is 25.6 Å². The van der Waals surface area contributed by atoms with Gasteiger partial charge in [0.2, 0.25) is 17.6 Å². The molecule has 7 nitrogen and oxygen atoms in total. The van der Waals surface area contributed by atoms with Gasteiger partial charge in [0.25, 0.3) is 0 Å². The standard InChI is InChI=1S/C22H19ClFN5O2/c1-29-13-12-25-22(29)20(16-4-2-3-5-17(16)24)26-18(30)10-11-19-27-21(28-31-19)14-6-8-15(23)9-7-14/h2-9,12-13,20H,10-11H2,1H3,(H,26,30). The Labute approximate surface area is 182 Å². The molecule has 4 rings (SSSR count). The van der Waals surface area contributed by atoms with Gasteiger partial charge in [-0.1, -0.05) is 35.0 Å². The first-order valence-corrected chi connectivity index (χ1v) is 9.98. The zero-order chi connectivity index (χ0) is 21.8. The van der Waals surface area contributed by atoms with E-state index < -0.39 is 11.9 Å². The van der Waals surface area contributed by atoms with E-state index in [0.717, 1.165) is 5.56 Å². The van der Waals surface area contributed by atoms with Crippen LogP contribution in [0.15, 0.2) is 65.4 Å². The highest BCUT2D eigenvalue weighted by Crippen LogP contribution is 2.23. The number of rotatable bonds is 7. The van der Waals surface area contributed by atoms with Crippen LogP contribution in [0, 0.1) is 5.82 Å². The van der Waals surface area contributed by atoms with Crippen molar-refractivity contribution in [2.75, 3.05) is 0 Å². The molecule has 0 fully saturated rings. The Morgan fingerprint density at radius 2 is 2.00 bits per heavy atom. The van der Waals surface area contributed by atoms with Crippen molar-refractivity contribution in [1.29, 1.82) is 0 Å². The molecule has 2 heterocycles. The van der Waals surface area contributed by atoms with Gasteiger partial charge in [0.15, 0.2) is 0 Å². The second-order valence-corrected chi connectivity index (χ2v) is 7.37. The average Bonchev–Trinajstić information content (AvgIpc) is 3.41. The Morgan fingerprint density at radius 3 is 2.71 bits per heavy atom. The van der Waals surface area contributed by atoms with Gasteiger partial charge in [-0.2, -0.15) is 4.98 Å². The van der Waals surface area contributed by atoms with Crippen LogP contribution < -0.4 is 5.32 Å². The van der Waals surface area contributed by atoms with E-state index >= 15 is 0 Å². The van der Waals surface area contributed by atoms with Crippen LogP contribution in [-0.2, 0) is 18.3 Å². The van der Waals surface area contributed by atoms with E-state index in [0.29, 0.717) is 28.1 Å². The normalized spacial score (nSPS) is 12.0. The van der Waals surface area contributed by atoms with Gasteiger partial charge < -0.3 is 14.4 Å². The van der Waals surface area contributed by atoms with Crippen LogP contribution in [0.5, 0.6) is 0 Å². The lowest BCUT2D eigenvalue weighted by Crippen LogP contribution is -2.31. The van der Waals surface area contributed by atoms with Crippen molar-refractivity contribution in [3.05, 3.63) is 89.0 Å². The molecule has 0 saturated carbocycles. The molecule has 0 aliphatic carbocycles. The van der Waals surface area contributed by atoms with Crippen molar-refractivity contribution < 1.29 is 13.7 Å². The zero-order valence-electron chi connectivity index (χ0n) is 16.6. The SMILES string of the molecule is Cn1ccnc1C(NC(=O)CCc1nc(-c2ccc(Cl)cc2)no1)c1ccccc1F. The molecule has 0 bridgehead atoms. The maximum Gasteiger partial charge on any atom is 0.227 e. The maximum absolute atomic E-state index is 14.4. The molecule has 0 radical (unpaired) electrons. The van der Waals surface area contributed by atoms with E-state index in [1.807, 2.05) is 0 Å². The van der Waals surface area contributed by atoms with Gasteiger partial charge in [0.05, 0.1) is 0 Å². The number of nitrogens with one attached hydrogen (secondary N) is 1. The van der Waals surface area contributed by atoms with Crippen LogP contribution in [0.2, 0.25) is 5.02 Å². The second kappa shape index (κ2) is 9.09. The summed E-state index contributed by atoms with van der Waals surface area (Å²) in [4.78, 5) is 21.3. The number of carbonyl (C=O) groups is 1. The fourth-order valence-corrected chi connectivity index (χ4v) is 3.30. The van der Waals surface area contributed by atoms with Crippen molar-refractivity contribution >= 4 is 17.5 Å². The van der Waals surface area contributed by atoms with Gasteiger partial charge in [-0.25, -0.2) is 9.37 Å². The Morgan fingerprint density at radius 1 is 1.23 bits per heavy atom. The van der Waals surface area contributed by atoms with Crippen molar-refractivity contribution in [2.45, 2.75) is 18.9 Å². The molecule has 1 amide bonds. The van der Waals surface area contributed by atoms with Crippen LogP contribution in [0.25, 0.3) is 11.4 Å². The smallest absolute Gasteiger partial charge is 0.227 e. The molecule has 1 unspecified atom stereocenters. The largest absolute Gasteiger partial charge is 0.342 e. The van der Waals surface area contributed by atoms with Crippen molar-refractivity contribution in [1.82, 2.24) is 25.0 Å². The summed E-state index contributed by atoms with van der Waals surface area (Å²) in [5, 5.41) is 7.42. The molecule has 0 saturated heterocycles. The predicted molar refractivity (Wildman–Crippen MR) is 113 cm³/mol. The molecule has 31 heavy (non-hydrogen) atoms. The van der Waals surface area contributed by atoms with Gasteiger partial charge in [0.1, 0.15) is 17.7 Å². The lowest BCUT2D eigenvalue weighted by Gasteiger charge is -2.19. The molecular weight excluding hydrogens is 421 g/mol. The molecule has 0 aliphatic rings. The van der Waals surface area contributed by atoms with E-state index in [2.05, 4.69) is 20.4 Å². The topological polar surface area (TPSA) is 85.8 Å². The van der Waals surface area contributed by atoms with E-state index in [-0.39, 0.29) is 18.7 Å².